The van der Waals surface area contributed by atoms with Crippen molar-refractivity contribution in [1.82, 2.24) is 10.2 Å². The SMILES string of the molecule is CNCCN(C)C(=O)CCC(C)(C)O. The molecule has 4 nitrogen and oxygen atoms in total. The molecule has 14 heavy (non-hydrogen) atoms. The molecule has 0 fully saturated rings. The van der Waals surface area contributed by atoms with Gasteiger partial charge >= 0.3 is 0 Å². The van der Waals surface area contributed by atoms with Crippen molar-refractivity contribution in [1.29, 1.82) is 0 Å². The molecule has 0 unspecified atom stereocenters. The van der Waals surface area contributed by atoms with E-state index in [1.54, 1.807) is 25.8 Å². The summed E-state index contributed by atoms with van der Waals surface area (Å²) in [5.41, 5.74) is -0.750. The molecule has 0 spiro atoms. The lowest BCUT2D eigenvalue weighted by atomic mass is 10.0. The first-order chi connectivity index (χ1) is 6.37. The molecule has 2 N–H and O–H groups in total. The summed E-state index contributed by atoms with van der Waals surface area (Å²) in [4.78, 5) is 13.2. The fourth-order valence-corrected chi connectivity index (χ4v) is 1.01. The van der Waals surface area contributed by atoms with E-state index in [-0.39, 0.29) is 5.91 Å². The van der Waals surface area contributed by atoms with Gasteiger partial charge in [-0.05, 0) is 27.3 Å². The number of carbonyl (C=O) groups excluding carboxylic acids is 1. The first-order valence-corrected chi connectivity index (χ1v) is 4.98. The highest BCUT2D eigenvalue weighted by molar-refractivity contribution is 5.75. The van der Waals surface area contributed by atoms with Gasteiger partial charge in [-0.15, -0.1) is 0 Å². The Bertz CT molecular complexity index is 175. The van der Waals surface area contributed by atoms with Crippen LogP contribution in [-0.2, 0) is 4.79 Å². The Kier molecular flexibility index (Phi) is 5.72. The Morgan fingerprint density at radius 2 is 2.07 bits per heavy atom. The molecule has 0 aliphatic heterocycles. The lowest BCUT2D eigenvalue weighted by Crippen LogP contribution is -2.34. The molecule has 0 atom stereocenters. The summed E-state index contributed by atoms with van der Waals surface area (Å²) >= 11 is 0. The number of carbonyl (C=O) groups is 1. The number of aliphatic hydroxyl groups is 1. The molecule has 4 heteroatoms. The average molecular weight is 202 g/mol. The molecule has 0 bridgehead atoms. The Morgan fingerprint density at radius 3 is 2.50 bits per heavy atom. The van der Waals surface area contributed by atoms with E-state index in [1.165, 1.54) is 0 Å². The number of nitrogens with zero attached hydrogens (tertiary/aromatic N) is 1. The minimum atomic E-state index is -0.750. The molecule has 0 radical (unpaired) electrons. The van der Waals surface area contributed by atoms with Crippen molar-refractivity contribution in [3.05, 3.63) is 0 Å². The molecular formula is C10H22N2O2. The number of amides is 1. The van der Waals surface area contributed by atoms with E-state index in [9.17, 15) is 9.90 Å². The maximum atomic E-state index is 11.5. The summed E-state index contributed by atoms with van der Waals surface area (Å²) in [6.07, 6.45) is 0.916. The second-order valence-electron chi connectivity index (χ2n) is 4.23. The minimum Gasteiger partial charge on any atom is -0.390 e. The number of nitrogens with one attached hydrogen (secondary N) is 1. The van der Waals surface area contributed by atoms with E-state index in [1.807, 2.05) is 7.05 Å². The van der Waals surface area contributed by atoms with Gasteiger partial charge in [-0.1, -0.05) is 0 Å². The first-order valence-electron chi connectivity index (χ1n) is 4.98. The molecule has 1 amide bonds. The quantitative estimate of drug-likeness (QED) is 0.647. The van der Waals surface area contributed by atoms with Crippen molar-refractivity contribution in [2.45, 2.75) is 32.3 Å². The van der Waals surface area contributed by atoms with Crippen LogP contribution in [0.25, 0.3) is 0 Å². The maximum absolute atomic E-state index is 11.5. The van der Waals surface area contributed by atoms with Gasteiger partial charge in [-0.2, -0.15) is 0 Å². The highest BCUT2D eigenvalue weighted by Gasteiger charge is 2.16. The molecular weight excluding hydrogens is 180 g/mol. The van der Waals surface area contributed by atoms with Crippen LogP contribution in [0.1, 0.15) is 26.7 Å². The molecule has 0 aromatic carbocycles. The van der Waals surface area contributed by atoms with Gasteiger partial charge in [0.2, 0.25) is 5.91 Å². The fraction of sp³-hybridized carbons (Fsp3) is 0.900. The second kappa shape index (κ2) is 5.98. The Labute approximate surface area is 86.3 Å². The van der Waals surface area contributed by atoms with Gasteiger partial charge in [-0.3, -0.25) is 4.79 Å². The van der Waals surface area contributed by atoms with E-state index >= 15 is 0 Å². The highest BCUT2D eigenvalue weighted by atomic mass is 16.3. The van der Waals surface area contributed by atoms with Crippen molar-refractivity contribution in [3.63, 3.8) is 0 Å². The summed E-state index contributed by atoms with van der Waals surface area (Å²) in [7, 11) is 3.64. The van der Waals surface area contributed by atoms with Crippen molar-refractivity contribution in [2.75, 3.05) is 27.2 Å². The third-order valence-electron chi connectivity index (χ3n) is 2.07. The highest BCUT2D eigenvalue weighted by Crippen LogP contribution is 2.10. The summed E-state index contributed by atoms with van der Waals surface area (Å²) in [6, 6.07) is 0. The van der Waals surface area contributed by atoms with Crippen LogP contribution in [0.5, 0.6) is 0 Å². The largest absolute Gasteiger partial charge is 0.390 e. The van der Waals surface area contributed by atoms with E-state index < -0.39 is 5.60 Å². The summed E-state index contributed by atoms with van der Waals surface area (Å²) in [6.45, 7) is 4.94. The molecule has 0 aliphatic carbocycles. The van der Waals surface area contributed by atoms with Crippen molar-refractivity contribution < 1.29 is 9.90 Å². The van der Waals surface area contributed by atoms with E-state index in [0.717, 1.165) is 6.54 Å². The third-order valence-corrected chi connectivity index (χ3v) is 2.07. The van der Waals surface area contributed by atoms with Gasteiger partial charge in [0.25, 0.3) is 0 Å². The van der Waals surface area contributed by atoms with Gasteiger partial charge in [0.1, 0.15) is 0 Å². The van der Waals surface area contributed by atoms with Crippen molar-refractivity contribution in [2.24, 2.45) is 0 Å². The van der Waals surface area contributed by atoms with E-state index in [2.05, 4.69) is 5.32 Å². The zero-order valence-corrected chi connectivity index (χ0v) is 9.63. The predicted octanol–water partition coefficient (Wildman–Crippen LogP) is 0.215. The van der Waals surface area contributed by atoms with Gasteiger partial charge in [0.15, 0.2) is 0 Å². The minimum absolute atomic E-state index is 0.0855. The molecule has 84 valence electrons. The molecule has 0 aliphatic rings. The van der Waals surface area contributed by atoms with Crippen LogP contribution in [0.15, 0.2) is 0 Å². The van der Waals surface area contributed by atoms with Crippen LogP contribution in [-0.4, -0.2) is 48.7 Å². The molecule has 0 aromatic rings. The predicted molar refractivity (Wildman–Crippen MR) is 57.1 cm³/mol. The summed E-state index contributed by atoms with van der Waals surface area (Å²) < 4.78 is 0. The number of rotatable bonds is 6. The zero-order valence-electron chi connectivity index (χ0n) is 9.63. The van der Waals surface area contributed by atoms with Crippen molar-refractivity contribution in [3.8, 4) is 0 Å². The van der Waals surface area contributed by atoms with Crippen LogP contribution in [0, 0.1) is 0 Å². The average Bonchev–Trinajstić information content (AvgIpc) is 2.09. The maximum Gasteiger partial charge on any atom is 0.222 e. The van der Waals surface area contributed by atoms with E-state index in [4.69, 9.17) is 0 Å². The molecule has 0 saturated heterocycles. The Hall–Kier alpha value is -0.610. The second-order valence-corrected chi connectivity index (χ2v) is 4.23. The molecule has 0 rings (SSSR count). The lowest BCUT2D eigenvalue weighted by Gasteiger charge is -2.20. The normalized spacial score (nSPS) is 11.5. The van der Waals surface area contributed by atoms with Crippen LogP contribution < -0.4 is 5.32 Å². The number of likely N-dealkylation sites (N-methyl/N-ethyl adjacent to an activating group) is 2. The summed E-state index contributed by atoms with van der Waals surface area (Å²) in [5, 5.41) is 12.4. The smallest absolute Gasteiger partial charge is 0.222 e. The lowest BCUT2D eigenvalue weighted by molar-refractivity contribution is -0.131. The monoisotopic (exact) mass is 202 g/mol. The van der Waals surface area contributed by atoms with Crippen LogP contribution >= 0.6 is 0 Å². The van der Waals surface area contributed by atoms with Crippen LogP contribution in [0.4, 0.5) is 0 Å². The summed E-state index contributed by atoms with van der Waals surface area (Å²) in [5.74, 6) is 0.0855. The van der Waals surface area contributed by atoms with Gasteiger partial charge in [-0.25, -0.2) is 0 Å². The Balaban J connectivity index is 3.73. The third kappa shape index (κ3) is 6.86. The zero-order chi connectivity index (χ0) is 11.2. The topological polar surface area (TPSA) is 52.6 Å². The fourth-order valence-electron chi connectivity index (χ4n) is 1.01. The first kappa shape index (κ1) is 13.4. The standard InChI is InChI=1S/C10H22N2O2/c1-10(2,14)6-5-9(13)12(4)8-7-11-3/h11,14H,5-8H2,1-4H3. The van der Waals surface area contributed by atoms with Gasteiger partial charge in [0, 0.05) is 26.6 Å². The van der Waals surface area contributed by atoms with Crippen LogP contribution in [0.2, 0.25) is 0 Å². The van der Waals surface area contributed by atoms with Crippen molar-refractivity contribution >= 4 is 5.91 Å². The number of hydrogen-bond donors (Lipinski definition) is 2. The van der Waals surface area contributed by atoms with Gasteiger partial charge < -0.3 is 15.3 Å². The van der Waals surface area contributed by atoms with E-state index in [0.29, 0.717) is 19.4 Å². The number of hydrogen-bond acceptors (Lipinski definition) is 3. The molecule has 0 saturated carbocycles. The van der Waals surface area contributed by atoms with Crippen LogP contribution in [0.3, 0.4) is 0 Å². The Morgan fingerprint density at radius 1 is 1.50 bits per heavy atom. The molecule has 0 heterocycles. The van der Waals surface area contributed by atoms with Gasteiger partial charge in [0.05, 0.1) is 5.60 Å². The molecule has 0 aromatic heterocycles.